The Morgan fingerprint density at radius 1 is 1.12 bits per heavy atom. The predicted octanol–water partition coefficient (Wildman–Crippen LogP) is 2.24. The lowest BCUT2D eigenvalue weighted by Gasteiger charge is -1.91. The highest BCUT2D eigenvalue weighted by Gasteiger charge is 2.12. The van der Waals surface area contributed by atoms with Crippen molar-refractivity contribution in [2.24, 2.45) is 0 Å². The maximum absolute atomic E-state index is 10.7. The predicted molar refractivity (Wildman–Crippen MR) is 59.9 cm³/mol. The summed E-state index contributed by atoms with van der Waals surface area (Å²) in [5, 5.41) is 8.29. The first kappa shape index (κ1) is 13.6. The van der Waals surface area contributed by atoms with Gasteiger partial charge >= 0.3 is 5.97 Å². The van der Waals surface area contributed by atoms with Gasteiger partial charge in [0.25, 0.3) is 5.78 Å². The Bertz CT molecular complexity index is 362. The van der Waals surface area contributed by atoms with Gasteiger partial charge in [0.05, 0.1) is 12.5 Å². The van der Waals surface area contributed by atoms with Gasteiger partial charge in [0.1, 0.15) is 0 Å². The van der Waals surface area contributed by atoms with Gasteiger partial charge in [-0.05, 0) is 0 Å². The maximum atomic E-state index is 10.7. The molecule has 0 heterocycles. The zero-order valence-corrected chi connectivity index (χ0v) is 8.63. The van der Waals surface area contributed by atoms with E-state index in [0.29, 0.717) is 0 Å². The highest BCUT2D eigenvalue weighted by molar-refractivity contribution is 6.39. The average molecular weight is 220 g/mol. The number of ether oxygens (including phenoxy) is 1. The fourth-order valence-electron chi connectivity index (χ4n) is 0.781. The Balaban J connectivity index is 0.000000385. The molecule has 4 heteroatoms. The van der Waals surface area contributed by atoms with E-state index in [9.17, 15) is 9.59 Å². The molecular weight excluding hydrogens is 208 g/mol. The standard InChI is InChI=1S/C8H6O3.C4H6O/c9-7(8(10)11)6-4-2-1-3-5-6;1-3-5-4-2/h1-5H,(H,10,11);3-4H,1-2H2. The summed E-state index contributed by atoms with van der Waals surface area (Å²) in [7, 11) is 0. The lowest BCUT2D eigenvalue weighted by Crippen LogP contribution is -2.12. The molecule has 0 saturated carbocycles. The van der Waals surface area contributed by atoms with Gasteiger partial charge in [-0.15, -0.1) is 0 Å². The minimum absolute atomic E-state index is 0.208. The molecule has 0 fully saturated rings. The van der Waals surface area contributed by atoms with Crippen LogP contribution < -0.4 is 0 Å². The third kappa shape index (κ3) is 5.39. The summed E-state index contributed by atoms with van der Waals surface area (Å²) in [4.78, 5) is 20.9. The number of ketones is 1. The van der Waals surface area contributed by atoms with Crippen molar-refractivity contribution in [1.82, 2.24) is 0 Å². The van der Waals surface area contributed by atoms with Crippen LogP contribution in [0.15, 0.2) is 56.0 Å². The molecule has 0 saturated heterocycles. The lowest BCUT2D eigenvalue weighted by molar-refractivity contribution is -0.131. The van der Waals surface area contributed by atoms with Gasteiger partial charge in [-0.3, -0.25) is 4.79 Å². The summed E-state index contributed by atoms with van der Waals surface area (Å²) in [6.45, 7) is 6.51. The van der Waals surface area contributed by atoms with Crippen LogP contribution in [0.1, 0.15) is 10.4 Å². The van der Waals surface area contributed by atoms with E-state index in [4.69, 9.17) is 5.11 Å². The molecule has 16 heavy (non-hydrogen) atoms. The van der Waals surface area contributed by atoms with Crippen molar-refractivity contribution < 1.29 is 19.4 Å². The SMILES string of the molecule is C=COC=C.O=C(O)C(=O)c1ccccc1. The molecule has 0 aliphatic heterocycles. The number of carboxylic acids is 1. The summed E-state index contributed by atoms with van der Waals surface area (Å²) < 4.78 is 4.36. The maximum Gasteiger partial charge on any atom is 0.377 e. The number of hydrogen-bond donors (Lipinski definition) is 1. The normalized spacial score (nSPS) is 8.00. The van der Waals surface area contributed by atoms with Crippen molar-refractivity contribution in [3.05, 3.63) is 61.6 Å². The second-order valence-electron chi connectivity index (χ2n) is 2.47. The Morgan fingerprint density at radius 2 is 1.62 bits per heavy atom. The Kier molecular flexibility index (Phi) is 6.81. The van der Waals surface area contributed by atoms with Crippen LogP contribution in [0.25, 0.3) is 0 Å². The molecule has 84 valence electrons. The fourth-order valence-corrected chi connectivity index (χ4v) is 0.781. The van der Waals surface area contributed by atoms with Crippen molar-refractivity contribution in [2.75, 3.05) is 0 Å². The largest absolute Gasteiger partial charge is 0.475 e. The average Bonchev–Trinajstić information content (AvgIpc) is 2.31. The number of carboxylic acid groups (broad SMARTS) is 1. The zero-order chi connectivity index (χ0) is 12.4. The quantitative estimate of drug-likeness (QED) is 0.480. The highest BCUT2D eigenvalue weighted by atomic mass is 16.5. The first-order valence-corrected chi connectivity index (χ1v) is 4.33. The Labute approximate surface area is 93.5 Å². The smallest absolute Gasteiger partial charge is 0.377 e. The monoisotopic (exact) mass is 220 g/mol. The van der Waals surface area contributed by atoms with Crippen molar-refractivity contribution in [2.45, 2.75) is 0 Å². The number of carbonyl (C=O) groups excluding carboxylic acids is 1. The Hall–Kier alpha value is -2.36. The molecular formula is C12H12O4. The van der Waals surface area contributed by atoms with Gasteiger partial charge in [0, 0.05) is 5.56 Å². The first-order chi connectivity index (χ1) is 7.63. The van der Waals surface area contributed by atoms with Crippen LogP contribution >= 0.6 is 0 Å². The molecule has 1 aromatic carbocycles. The van der Waals surface area contributed by atoms with E-state index in [-0.39, 0.29) is 5.56 Å². The van der Waals surface area contributed by atoms with E-state index < -0.39 is 11.8 Å². The van der Waals surface area contributed by atoms with Crippen molar-refractivity contribution in [1.29, 1.82) is 0 Å². The molecule has 0 aliphatic carbocycles. The zero-order valence-electron chi connectivity index (χ0n) is 8.63. The molecule has 0 aliphatic rings. The van der Waals surface area contributed by atoms with Crippen LogP contribution in [0.3, 0.4) is 0 Å². The number of aliphatic carboxylic acids is 1. The minimum Gasteiger partial charge on any atom is -0.475 e. The molecule has 0 amide bonds. The van der Waals surface area contributed by atoms with Gasteiger partial charge in [-0.1, -0.05) is 43.5 Å². The summed E-state index contributed by atoms with van der Waals surface area (Å²) in [6, 6.07) is 7.90. The summed E-state index contributed by atoms with van der Waals surface area (Å²) in [6.07, 6.45) is 2.62. The van der Waals surface area contributed by atoms with Crippen molar-refractivity contribution in [3.8, 4) is 0 Å². The molecule has 1 N–H and O–H groups in total. The van der Waals surface area contributed by atoms with Crippen LogP contribution in [0, 0.1) is 0 Å². The Morgan fingerprint density at radius 3 is 1.94 bits per heavy atom. The van der Waals surface area contributed by atoms with E-state index in [1.54, 1.807) is 18.2 Å². The molecule has 4 nitrogen and oxygen atoms in total. The van der Waals surface area contributed by atoms with Crippen LogP contribution in [-0.2, 0) is 9.53 Å². The molecule has 0 unspecified atom stereocenters. The molecule has 0 spiro atoms. The van der Waals surface area contributed by atoms with Crippen molar-refractivity contribution in [3.63, 3.8) is 0 Å². The lowest BCUT2D eigenvalue weighted by atomic mass is 10.1. The number of carbonyl (C=O) groups is 2. The third-order valence-corrected chi connectivity index (χ3v) is 1.42. The number of Topliss-reactive ketones (excluding diaryl/α,β-unsaturated/α-hetero) is 1. The number of benzene rings is 1. The van der Waals surface area contributed by atoms with Gasteiger partial charge in [-0.25, -0.2) is 4.79 Å². The highest BCUT2D eigenvalue weighted by Crippen LogP contribution is 1.98. The fraction of sp³-hybridized carbons (Fsp3) is 0. The summed E-state index contributed by atoms with van der Waals surface area (Å²) in [5.74, 6) is -2.29. The van der Waals surface area contributed by atoms with Gasteiger partial charge < -0.3 is 9.84 Å². The van der Waals surface area contributed by atoms with E-state index in [1.165, 1.54) is 24.7 Å². The molecule has 1 rings (SSSR count). The van der Waals surface area contributed by atoms with Crippen molar-refractivity contribution >= 4 is 11.8 Å². The topological polar surface area (TPSA) is 63.6 Å². The molecule has 0 radical (unpaired) electrons. The van der Waals surface area contributed by atoms with Crippen LogP contribution in [0.4, 0.5) is 0 Å². The minimum atomic E-state index is -1.42. The third-order valence-electron chi connectivity index (χ3n) is 1.42. The van der Waals surface area contributed by atoms with E-state index in [1.807, 2.05) is 0 Å². The van der Waals surface area contributed by atoms with Crippen LogP contribution in [0.5, 0.6) is 0 Å². The molecule has 0 aromatic heterocycles. The molecule has 0 atom stereocenters. The van der Waals surface area contributed by atoms with Gasteiger partial charge in [-0.2, -0.15) is 0 Å². The number of rotatable bonds is 4. The summed E-state index contributed by atoms with van der Waals surface area (Å²) in [5.41, 5.74) is 0.208. The van der Waals surface area contributed by atoms with E-state index in [2.05, 4.69) is 17.9 Å². The second-order valence-corrected chi connectivity index (χ2v) is 2.47. The molecule has 1 aromatic rings. The van der Waals surface area contributed by atoms with Gasteiger partial charge in [0.15, 0.2) is 0 Å². The number of hydrogen-bond acceptors (Lipinski definition) is 3. The van der Waals surface area contributed by atoms with Gasteiger partial charge in [0.2, 0.25) is 0 Å². The summed E-state index contributed by atoms with van der Waals surface area (Å²) >= 11 is 0. The first-order valence-electron chi connectivity index (χ1n) is 4.33. The van der Waals surface area contributed by atoms with Crippen LogP contribution in [0.2, 0.25) is 0 Å². The van der Waals surface area contributed by atoms with Crippen LogP contribution in [-0.4, -0.2) is 16.9 Å². The molecule has 0 bridgehead atoms. The van der Waals surface area contributed by atoms with E-state index >= 15 is 0 Å². The second kappa shape index (κ2) is 7.99. The van der Waals surface area contributed by atoms with E-state index in [0.717, 1.165) is 0 Å².